The van der Waals surface area contributed by atoms with Gasteiger partial charge in [0.05, 0.1) is 0 Å². The molecule has 0 rings (SSSR count). The van der Waals surface area contributed by atoms with Crippen molar-refractivity contribution < 1.29 is 28.6 Å². The summed E-state index contributed by atoms with van der Waals surface area (Å²) in [4.78, 5) is 38.1. The molecule has 0 saturated heterocycles. The Hall–Kier alpha value is -2.89. The highest BCUT2D eigenvalue weighted by molar-refractivity contribution is 5.71. The van der Waals surface area contributed by atoms with Crippen LogP contribution in [0.15, 0.2) is 60.8 Å². The van der Waals surface area contributed by atoms with Crippen molar-refractivity contribution in [3.8, 4) is 0 Å². The number of hydrogen-bond donors (Lipinski definition) is 0. The number of rotatable bonds is 51. The van der Waals surface area contributed by atoms with Crippen LogP contribution in [-0.2, 0) is 28.6 Å². The molecule has 0 heterocycles. The molecule has 0 amide bonds. The Morgan fingerprint density at radius 2 is 0.591 bits per heavy atom. The third-order valence-electron chi connectivity index (χ3n) is 12.2. The normalized spacial score (nSPS) is 12.5. The molecule has 0 bridgehead atoms. The zero-order valence-corrected chi connectivity index (χ0v) is 43.7. The fraction of sp³-hybridized carbons (Fsp3) is 0.783. The Bertz CT molecular complexity index is 1200. The number of hydrogen-bond acceptors (Lipinski definition) is 6. The average molecular weight is 924 g/mol. The van der Waals surface area contributed by atoms with E-state index in [0.29, 0.717) is 19.3 Å². The monoisotopic (exact) mass is 923 g/mol. The highest BCUT2D eigenvalue weighted by atomic mass is 16.6. The lowest BCUT2D eigenvalue weighted by Gasteiger charge is -2.18. The van der Waals surface area contributed by atoms with Gasteiger partial charge < -0.3 is 14.2 Å². The van der Waals surface area contributed by atoms with Gasteiger partial charge in [0.2, 0.25) is 0 Å². The van der Waals surface area contributed by atoms with E-state index in [1.54, 1.807) is 0 Å². The molecule has 0 aromatic carbocycles. The number of ether oxygens (including phenoxy) is 3. The van der Waals surface area contributed by atoms with E-state index in [1.807, 2.05) is 0 Å². The Labute approximate surface area is 409 Å². The van der Waals surface area contributed by atoms with Crippen molar-refractivity contribution in [2.24, 2.45) is 0 Å². The second-order valence-corrected chi connectivity index (χ2v) is 18.9. The summed E-state index contributed by atoms with van der Waals surface area (Å²) in [5.41, 5.74) is 0. The fourth-order valence-electron chi connectivity index (χ4n) is 7.93. The Balaban J connectivity index is 4.42. The second-order valence-electron chi connectivity index (χ2n) is 18.9. The van der Waals surface area contributed by atoms with Crippen molar-refractivity contribution in [3.63, 3.8) is 0 Å². The summed E-state index contributed by atoms with van der Waals surface area (Å²) >= 11 is 0. The van der Waals surface area contributed by atoms with Crippen LogP contribution in [0.4, 0.5) is 0 Å². The van der Waals surface area contributed by atoms with Crippen LogP contribution in [0.2, 0.25) is 0 Å². The zero-order valence-electron chi connectivity index (χ0n) is 43.7. The van der Waals surface area contributed by atoms with Crippen LogP contribution in [0, 0.1) is 0 Å². The van der Waals surface area contributed by atoms with E-state index >= 15 is 0 Å². The molecule has 0 fully saturated rings. The van der Waals surface area contributed by atoms with Gasteiger partial charge in [-0.2, -0.15) is 0 Å². The maximum Gasteiger partial charge on any atom is 0.306 e. The molecule has 0 radical (unpaired) electrons. The van der Waals surface area contributed by atoms with Gasteiger partial charge in [-0.15, -0.1) is 0 Å². The largest absolute Gasteiger partial charge is 0.462 e. The molecule has 6 nitrogen and oxygen atoms in total. The molecule has 66 heavy (non-hydrogen) atoms. The van der Waals surface area contributed by atoms with E-state index in [4.69, 9.17) is 14.2 Å². The summed E-state index contributed by atoms with van der Waals surface area (Å²) < 4.78 is 16.8. The summed E-state index contributed by atoms with van der Waals surface area (Å²) in [5.74, 6) is -0.919. The fourth-order valence-corrected chi connectivity index (χ4v) is 7.93. The quantitative estimate of drug-likeness (QED) is 0.0199. The van der Waals surface area contributed by atoms with Crippen molar-refractivity contribution in [2.45, 2.75) is 290 Å². The Kier molecular flexibility index (Phi) is 52.3. The highest BCUT2D eigenvalue weighted by Gasteiger charge is 2.19. The molecule has 1 atom stereocenters. The highest BCUT2D eigenvalue weighted by Crippen LogP contribution is 2.14. The van der Waals surface area contributed by atoms with Gasteiger partial charge in [-0.05, 0) is 103 Å². The third kappa shape index (κ3) is 52.1. The summed E-state index contributed by atoms with van der Waals surface area (Å²) in [6.07, 6.45) is 67.7. The van der Waals surface area contributed by atoms with Crippen molar-refractivity contribution in [3.05, 3.63) is 60.8 Å². The summed E-state index contributed by atoms with van der Waals surface area (Å²) in [5, 5.41) is 0. The lowest BCUT2D eigenvalue weighted by Crippen LogP contribution is -2.30. The molecule has 0 saturated carbocycles. The van der Waals surface area contributed by atoms with E-state index in [9.17, 15) is 14.4 Å². The van der Waals surface area contributed by atoms with Crippen LogP contribution in [0.3, 0.4) is 0 Å². The van der Waals surface area contributed by atoms with E-state index < -0.39 is 6.10 Å². The number of esters is 3. The Morgan fingerprint density at radius 1 is 0.318 bits per heavy atom. The topological polar surface area (TPSA) is 78.9 Å². The molecular weight excluding hydrogens is 817 g/mol. The molecule has 0 N–H and O–H groups in total. The molecule has 1 unspecified atom stereocenters. The summed E-state index contributed by atoms with van der Waals surface area (Å²) in [7, 11) is 0. The van der Waals surface area contributed by atoms with Crippen molar-refractivity contribution in [2.75, 3.05) is 13.2 Å². The van der Waals surface area contributed by atoms with Crippen LogP contribution >= 0.6 is 0 Å². The first kappa shape index (κ1) is 63.1. The second kappa shape index (κ2) is 54.7. The van der Waals surface area contributed by atoms with E-state index in [2.05, 4.69) is 81.5 Å². The van der Waals surface area contributed by atoms with Crippen molar-refractivity contribution in [1.82, 2.24) is 0 Å². The van der Waals surface area contributed by atoms with Gasteiger partial charge >= 0.3 is 17.9 Å². The predicted octanol–water partition coefficient (Wildman–Crippen LogP) is 18.8. The van der Waals surface area contributed by atoms with Gasteiger partial charge in [0.25, 0.3) is 0 Å². The minimum Gasteiger partial charge on any atom is -0.462 e. The van der Waals surface area contributed by atoms with Gasteiger partial charge in [0.15, 0.2) is 6.10 Å². The first-order chi connectivity index (χ1) is 32.5. The van der Waals surface area contributed by atoms with E-state index in [-0.39, 0.29) is 31.1 Å². The first-order valence-electron chi connectivity index (χ1n) is 28.3. The molecule has 0 aliphatic carbocycles. The van der Waals surface area contributed by atoms with Crippen LogP contribution in [-0.4, -0.2) is 37.2 Å². The maximum absolute atomic E-state index is 12.8. The molecule has 0 aromatic rings. The van der Waals surface area contributed by atoms with Gasteiger partial charge in [-0.1, -0.05) is 223 Å². The van der Waals surface area contributed by atoms with Gasteiger partial charge in [-0.3, -0.25) is 14.4 Å². The minimum atomic E-state index is -0.790. The SMILES string of the molecule is CCCCC/C=C\C/C=C\CCCCCCCCCC(=O)OC(COC(=O)CCCCC/C=C\CCCCCCCC)COC(=O)CCCCCCC/C=C\C=C/CCCCCCCCC. The van der Waals surface area contributed by atoms with Gasteiger partial charge in [0, 0.05) is 19.3 Å². The molecule has 0 aromatic heterocycles. The number of carbonyl (C=O) groups excluding carboxylic acids is 3. The summed E-state index contributed by atoms with van der Waals surface area (Å²) in [6, 6.07) is 0. The molecule has 0 aliphatic rings. The van der Waals surface area contributed by atoms with Crippen LogP contribution in [0.5, 0.6) is 0 Å². The molecular formula is C60H106O6. The zero-order chi connectivity index (χ0) is 47.9. The lowest BCUT2D eigenvalue weighted by molar-refractivity contribution is -0.167. The Morgan fingerprint density at radius 3 is 0.985 bits per heavy atom. The third-order valence-corrected chi connectivity index (χ3v) is 12.2. The van der Waals surface area contributed by atoms with Gasteiger partial charge in [0.1, 0.15) is 13.2 Å². The number of unbranched alkanes of at least 4 members (excludes halogenated alkanes) is 31. The first-order valence-corrected chi connectivity index (χ1v) is 28.3. The molecule has 0 aliphatic heterocycles. The average Bonchev–Trinajstić information content (AvgIpc) is 3.31. The molecule has 0 spiro atoms. The van der Waals surface area contributed by atoms with Crippen molar-refractivity contribution >= 4 is 17.9 Å². The maximum atomic E-state index is 12.8. The predicted molar refractivity (Wildman–Crippen MR) is 284 cm³/mol. The molecule has 6 heteroatoms. The lowest BCUT2D eigenvalue weighted by atomic mass is 10.1. The molecule has 382 valence electrons. The van der Waals surface area contributed by atoms with Crippen LogP contribution in [0.1, 0.15) is 284 Å². The van der Waals surface area contributed by atoms with E-state index in [0.717, 1.165) is 103 Å². The number of carbonyl (C=O) groups is 3. The van der Waals surface area contributed by atoms with Crippen LogP contribution in [0.25, 0.3) is 0 Å². The standard InChI is InChI=1S/C60H106O6/c1-4-7-10-13-16-19-22-25-27-29-31-32-35-38-41-44-47-50-53-59(62)65-56-57(55-64-58(61)52-49-46-43-40-37-34-24-21-18-15-12-9-6-3)66-60(63)54-51-48-45-42-39-36-33-30-28-26-23-20-17-14-11-8-5-2/h17,20,26-29,31-32,34,37,57H,4-16,18-19,21-25,30,33,35-36,38-56H2,1-3H3/b20-17-,28-26-,29-27-,32-31-,37-34-. The van der Waals surface area contributed by atoms with Crippen LogP contribution < -0.4 is 0 Å². The van der Waals surface area contributed by atoms with E-state index in [1.165, 1.54) is 141 Å². The summed E-state index contributed by atoms with van der Waals surface area (Å²) in [6.45, 7) is 6.59. The van der Waals surface area contributed by atoms with Crippen molar-refractivity contribution in [1.29, 1.82) is 0 Å². The smallest absolute Gasteiger partial charge is 0.306 e. The minimum absolute atomic E-state index is 0.0896. The number of allylic oxidation sites excluding steroid dienone is 10. The van der Waals surface area contributed by atoms with Gasteiger partial charge in [-0.25, -0.2) is 0 Å².